The van der Waals surface area contributed by atoms with E-state index in [4.69, 9.17) is 10.5 Å². The molecule has 4 heteroatoms. The third kappa shape index (κ3) is 8.80. The van der Waals surface area contributed by atoms with Crippen LogP contribution in [0.15, 0.2) is 36.6 Å². The molecule has 0 saturated heterocycles. The molecule has 0 aromatic carbocycles. The molecule has 1 amide bonds. The van der Waals surface area contributed by atoms with Crippen molar-refractivity contribution in [1.82, 2.24) is 5.32 Å². The van der Waals surface area contributed by atoms with Gasteiger partial charge in [-0.1, -0.05) is 38.0 Å². The number of ether oxygens (including phenoxy) is 1. The van der Waals surface area contributed by atoms with Gasteiger partial charge in [-0.3, -0.25) is 4.79 Å². The van der Waals surface area contributed by atoms with Gasteiger partial charge in [-0.2, -0.15) is 0 Å². The molecule has 1 aliphatic rings. The highest BCUT2D eigenvalue weighted by molar-refractivity contribution is 5.78. The maximum Gasteiger partial charge on any atom is 0.224 e. The van der Waals surface area contributed by atoms with E-state index in [1.54, 1.807) is 6.08 Å². The molecule has 0 bridgehead atoms. The second-order valence-corrected chi connectivity index (χ2v) is 5.64. The van der Waals surface area contributed by atoms with Gasteiger partial charge in [0.15, 0.2) is 0 Å². The number of rotatable bonds is 10. The van der Waals surface area contributed by atoms with Gasteiger partial charge < -0.3 is 15.8 Å². The first-order chi connectivity index (χ1) is 10.8. The van der Waals surface area contributed by atoms with Gasteiger partial charge in [-0.15, -0.1) is 0 Å². The van der Waals surface area contributed by atoms with Crippen LogP contribution in [0.5, 0.6) is 0 Å². The lowest BCUT2D eigenvalue weighted by Gasteiger charge is -2.21. The molecule has 0 aromatic rings. The quantitative estimate of drug-likeness (QED) is 0.481. The predicted octanol–water partition coefficient (Wildman–Crippen LogP) is 3.21. The molecule has 3 N–H and O–H groups in total. The van der Waals surface area contributed by atoms with Crippen LogP contribution in [-0.2, 0) is 9.53 Å². The molecule has 1 saturated carbocycles. The number of nitrogens with one attached hydrogen (secondary N) is 1. The molecule has 124 valence electrons. The summed E-state index contributed by atoms with van der Waals surface area (Å²) in [6.45, 7) is 4.96. The van der Waals surface area contributed by atoms with Crippen LogP contribution < -0.4 is 11.1 Å². The summed E-state index contributed by atoms with van der Waals surface area (Å²) in [6, 6.07) is 0. The summed E-state index contributed by atoms with van der Waals surface area (Å²) in [5, 5.41) is 2.84. The zero-order valence-electron chi connectivity index (χ0n) is 13.6. The van der Waals surface area contributed by atoms with E-state index in [-0.39, 0.29) is 5.91 Å². The lowest BCUT2D eigenvalue weighted by atomic mass is 9.98. The van der Waals surface area contributed by atoms with E-state index < -0.39 is 0 Å². The van der Waals surface area contributed by atoms with Gasteiger partial charge >= 0.3 is 0 Å². The van der Waals surface area contributed by atoms with E-state index in [0.29, 0.717) is 31.4 Å². The minimum absolute atomic E-state index is 0.00598. The van der Waals surface area contributed by atoms with E-state index in [9.17, 15) is 4.79 Å². The highest BCUT2D eigenvalue weighted by atomic mass is 16.5. The molecule has 1 aliphatic carbocycles. The number of unbranched alkanes of at least 4 members (excludes halogenated alkanes) is 1. The van der Waals surface area contributed by atoms with Crippen LogP contribution in [0.25, 0.3) is 0 Å². The maximum atomic E-state index is 11.7. The second kappa shape index (κ2) is 12.2. The number of carbonyl (C=O) groups excluding carboxylic acids is 1. The molecule has 0 radical (unpaired) electrons. The smallest absolute Gasteiger partial charge is 0.224 e. The van der Waals surface area contributed by atoms with Gasteiger partial charge in [0.2, 0.25) is 5.91 Å². The lowest BCUT2D eigenvalue weighted by molar-refractivity contribution is -0.120. The Morgan fingerprint density at radius 3 is 2.73 bits per heavy atom. The van der Waals surface area contributed by atoms with Crippen molar-refractivity contribution in [2.24, 2.45) is 5.73 Å². The Morgan fingerprint density at radius 1 is 1.27 bits per heavy atom. The molecule has 22 heavy (non-hydrogen) atoms. The summed E-state index contributed by atoms with van der Waals surface area (Å²) in [5.41, 5.74) is 6.12. The van der Waals surface area contributed by atoms with Crippen LogP contribution in [0.2, 0.25) is 0 Å². The van der Waals surface area contributed by atoms with E-state index >= 15 is 0 Å². The van der Waals surface area contributed by atoms with Crippen LogP contribution in [0.3, 0.4) is 0 Å². The highest BCUT2D eigenvalue weighted by Gasteiger charge is 2.12. The molecular weight excluding hydrogens is 276 g/mol. The van der Waals surface area contributed by atoms with Gasteiger partial charge in [-0.05, 0) is 44.4 Å². The first kappa shape index (κ1) is 18.7. The number of hydrogen-bond acceptors (Lipinski definition) is 3. The zero-order chi connectivity index (χ0) is 16.0. The summed E-state index contributed by atoms with van der Waals surface area (Å²) < 4.78 is 5.80. The highest BCUT2D eigenvalue weighted by Crippen LogP contribution is 2.19. The normalized spacial score (nSPS) is 16.9. The van der Waals surface area contributed by atoms with Gasteiger partial charge in [0.1, 0.15) is 0 Å². The van der Waals surface area contributed by atoms with E-state index in [1.165, 1.54) is 32.1 Å². The Kier molecular flexibility index (Phi) is 10.3. The summed E-state index contributed by atoms with van der Waals surface area (Å²) in [7, 11) is 0. The largest absolute Gasteiger partial charge is 0.374 e. The van der Waals surface area contributed by atoms with Crippen molar-refractivity contribution < 1.29 is 9.53 Å². The van der Waals surface area contributed by atoms with E-state index in [0.717, 1.165) is 12.8 Å². The molecular formula is C18H30N2O2. The third-order valence-electron chi connectivity index (χ3n) is 3.75. The molecule has 1 fully saturated rings. The minimum atomic E-state index is 0.00598. The summed E-state index contributed by atoms with van der Waals surface area (Å²) in [5.74, 6) is 0.00598. The van der Waals surface area contributed by atoms with Crippen LogP contribution in [0.4, 0.5) is 0 Å². The summed E-state index contributed by atoms with van der Waals surface area (Å²) in [4.78, 5) is 11.7. The predicted molar refractivity (Wildman–Crippen MR) is 91.3 cm³/mol. The molecule has 1 rings (SSSR count). The fraction of sp³-hybridized carbons (Fsp3) is 0.611. The number of hydrogen-bond donors (Lipinski definition) is 2. The van der Waals surface area contributed by atoms with Gasteiger partial charge in [0, 0.05) is 12.1 Å². The topological polar surface area (TPSA) is 64.3 Å². The van der Waals surface area contributed by atoms with Gasteiger partial charge in [0.05, 0.1) is 12.7 Å². The van der Waals surface area contributed by atoms with Crippen molar-refractivity contribution >= 4 is 5.91 Å². The third-order valence-corrected chi connectivity index (χ3v) is 3.75. The molecule has 0 spiro atoms. The zero-order valence-corrected chi connectivity index (χ0v) is 13.6. The Balaban J connectivity index is 2.23. The average Bonchev–Trinajstić information content (AvgIpc) is 2.54. The van der Waals surface area contributed by atoms with Crippen molar-refractivity contribution in [3.8, 4) is 0 Å². The minimum Gasteiger partial charge on any atom is -0.374 e. The standard InChI is InChI=1S/C18H30N2O2/c1-2-16(20-18(21)13-6-8-14-19)10-7-9-15-22-17-11-4-3-5-12-17/h2,7,9-10,17H,1,3-6,8,11-15,19H2,(H,20,21)/b9-7-,16-10+. The average molecular weight is 306 g/mol. The summed E-state index contributed by atoms with van der Waals surface area (Å²) in [6.07, 6.45) is 16.2. The molecule has 0 unspecified atom stereocenters. The van der Waals surface area contributed by atoms with Crippen LogP contribution in [-0.4, -0.2) is 25.2 Å². The Labute approximate surface area is 134 Å². The second-order valence-electron chi connectivity index (χ2n) is 5.64. The Hall–Kier alpha value is -1.39. The van der Waals surface area contributed by atoms with Crippen LogP contribution in [0, 0.1) is 0 Å². The fourth-order valence-electron chi connectivity index (χ4n) is 2.46. The van der Waals surface area contributed by atoms with E-state index in [2.05, 4.69) is 11.9 Å². The molecule has 0 heterocycles. The number of amides is 1. The van der Waals surface area contributed by atoms with Crippen molar-refractivity contribution in [3.63, 3.8) is 0 Å². The van der Waals surface area contributed by atoms with Crippen molar-refractivity contribution in [2.45, 2.75) is 57.5 Å². The van der Waals surface area contributed by atoms with Crippen molar-refractivity contribution in [2.75, 3.05) is 13.2 Å². The van der Waals surface area contributed by atoms with Crippen LogP contribution in [0.1, 0.15) is 51.4 Å². The first-order valence-electron chi connectivity index (χ1n) is 8.37. The Bertz CT molecular complexity index is 383. The molecule has 0 aromatic heterocycles. The first-order valence-corrected chi connectivity index (χ1v) is 8.37. The number of nitrogens with two attached hydrogens (primary N) is 1. The lowest BCUT2D eigenvalue weighted by Crippen LogP contribution is -2.21. The summed E-state index contributed by atoms with van der Waals surface area (Å²) >= 11 is 0. The number of carbonyl (C=O) groups is 1. The van der Waals surface area contributed by atoms with Gasteiger partial charge in [-0.25, -0.2) is 0 Å². The SMILES string of the molecule is C=C/C(=C\C=C/COC1CCCCC1)NC(=O)CCCCN. The van der Waals surface area contributed by atoms with E-state index in [1.807, 2.05) is 18.2 Å². The monoisotopic (exact) mass is 306 g/mol. The Morgan fingerprint density at radius 2 is 2.05 bits per heavy atom. The molecule has 0 atom stereocenters. The van der Waals surface area contributed by atoms with Crippen molar-refractivity contribution in [1.29, 1.82) is 0 Å². The number of allylic oxidation sites excluding steroid dienone is 3. The van der Waals surface area contributed by atoms with Crippen molar-refractivity contribution in [3.05, 3.63) is 36.6 Å². The van der Waals surface area contributed by atoms with Crippen LogP contribution >= 0.6 is 0 Å². The molecule has 4 nitrogen and oxygen atoms in total. The maximum absolute atomic E-state index is 11.7. The molecule has 0 aliphatic heterocycles. The van der Waals surface area contributed by atoms with Gasteiger partial charge in [0.25, 0.3) is 0 Å². The fourth-order valence-corrected chi connectivity index (χ4v) is 2.46.